The summed E-state index contributed by atoms with van der Waals surface area (Å²) in [5.74, 6) is 1.71. The van der Waals surface area contributed by atoms with Gasteiger partial charge in [0, 0.05) is 0 Å². The van der Waals surface area contributed by atoms with Crippen LogP contribution >= 0.6 is 0 Å². The van der Waals surface area contributed by atoms with Crippen molar-refractivity contribution in [2.75, 3.05) is 6.61 Å². The molecule has 1 atom stereocenters. The van der Waals surface area contributed by atoms with Crippen LogP contribution in [0.3, 0.4) is 0 Å². The van der Waals surface area contributed by atoms with Crippen molar-refractivity contribution in [1.82, 2.24) is 0 Å². The lowest BCUT2D eigenvalue weighted by atomic mass is 10.3. The normalized spacial score (nSPS) is 14.9. The fourth-order valence-electron chi connectivity index (χ4n) is 1.12. The molecule has 0 fully saturated rings. The Morgan fingerprint density at radius 2 is 1.35 bits per heavy atom. The third-order valence-electron chi connectivity index (χ3n) is 1.65. The molecule has 2 heteroatoms. The fourth-order valence-corrected chi connectivity index (χ4v) is 1.12. The second kappa shape index (κ2) is 12.9. The highest BCUT2D eigenvalue weighted by Gasteiger charge is 2.15. The van der Waals surface area contributed by atoms with Gasteiger partial charge in [-0.15, -0.1) is 0 Å². The maximum atomic E-state index is 5.51. The highest BCUT2D eigenvalue weighted by Crippen LogP contribution is 2.30. The molecule has 1 aliphatic heterocycles. The Morgan fingerprint density at radius 1 is 0.882 bits per heavy atom. The number of hydrogen-bond donors (Lipinski definition) is 0. The van der Waals surface area contributed by atoms with Gasteiger partial charge in [-0.05, 0) is 19.1 Å². The molecule has 1 aromatic rings. The summed E-state index contributed by atoms with van der Waals surface area (Å²) in [6.45, 7) is 14.6. The van der Waals surface area contributed by atoms with Gasteiger partial charge >= 0.3 is 0 Å². The Bertz CT molecular complexity index is 259. The van der Waals surface area contributed by atoms with Crippen LogP contribution in [0.4, 0.5) is 0 Å². The maximum Gasteiger partial charge on any atom is 0.161 e. The van der Waals surface area contributed by atoms with E-state index in [0.717, 1.165) is 11.5 Å². The van der Waals surface area contributed by atoms with Gasteiger partial charge in [0.05, 0.1) is 0 Å². The van der Waals surface area contributed by atoms with Gasteiger partial charge in [-0.3, -0.25) is 0 Å². The monoisotopic (exact) mass is 240 g/mol. The van der Waals surface area contributed by atoms with Crippen LogP contribution in [0.1, 0.15) is 48.5 Å². The summed E-state index contributed by atoms with van der Waals surface area (Å²) >= 11 is 0. The van der Waals surface area contributed by atoms with Crippen molar-refractivity contribution < 1.29 is 9.47 Å². The van der Waals surface area contributed by atoms with Crippen molar-refractivity contribution in [3.05, 3.63) is 24.3 Å². The fraction of sp³-hybridized carbons (Fsp3) is 0.600. The van der Waals surface area contributed by atoms with Crippen molar-refractivity contribution in [3.8, 4) is 11.5 Å². The SMILES string of the molecule is CC.CC.CC.CC1COc2ccccc2O1. The highest BCUT2D eigenvalue weighted by atomic mass is 16.6. The first-order chi connectivity index (χ1) is 8.36. The third-order valence-corrected chi connectivity index (χ3v) is 1.65. The number of rotatable bonds is 0. The molecule has 1 unspecified atom stereocenters. The Balaban J connectivity index is 0. The first kappa shape index (κ1) is 18.2. The van der Waals surface area contributed by atoms with Gasteiger partial charge in [0.15, 0.2) is 11.5 Å². The molecule has 0 aromatic heterocycles. The molecule has 0 N–H and O–H groups in total. The second-order valence-corrected chi connectivity index (χ2v) is 2.69. The molecule has 100 valence electrons. The molecule has 0 amide bonds. The Kier molecular flexibility index (Phi) is 13.8. The summed E-state index contributed by atoms with van der Waals surface area (Å²) in [6.07, 6.45) is 0.171. The van der Waals surface area contributed by atoms with Crippen molar-refractivity contribution in [3.63, 3.8) is 0 Å². The smallest absolute Gasteiger partial charge is 0.161 e. The largest absolute Gasteiger partial charge is 0.486 e. The molecular weight excluding hydrogens is 212 g/mol. The quantitative estimate of drug-likeness (QED) is 0.640. The lowest BCUT2D eigenvalue weighted by Gasteiger charge is -2.23. The van der Waals surface area contributed by atoms with Crippen molar-refractivity contribution >= 4 is 0 Å². The summed E-state index contributed by atoms with van der Waals surface area (Å²) in [7, 11) is 0. The molecule has 1 aromatic carbocycles. The Labute approximate surface area is 107 Å². The van der Waals surface area contributed by atoms with Gasteiger partial charge in [0.25, 0.3) is 0 Å². The summed E-state index contributed by atoms with van der Waals surface area (Å²) in [4.78, 5) is 0. The number of benzene rings is 1. The first-order valence-electron chi connectivity index (χ1n) is 6.75. The topological polar surface area (TPSA) is 18.5 Å². The lowest BCUT2D eigenvalue weighted by molar-refractivity contribution is 0.104. The van der Waals surface area contributed by atoms with E-state index in [0.29, 0.717) is 6.61 Å². The lowest BCUT2D eigenvalue weighted by Crippen LogP contribution is -2.25. The molecule has 0 saturated heterocycles. The van der Waals surface area contributed by atoms with E-state index in [1.807, 2.05) is 72.7 Å². The number of fused-ring (bicyclic) bond motifs is 1. The average molecular weight is 240 g/mol. The third kappa shape index (κ3) is 6.88. The zero-order chi connectivity index (χ0) is 13.7. The molecule has 0 aliphatic carbocycles. The van der Waals surface area contributed by atoms with E-state index >= 15 is 0 Å². The minimum absolute atomic E-state index is 0.171. The molecule has 1 heterocycles. The van der Waals surface area contributed by atoms with Crippen molar-refractivity contribution in [2.45, 2.75) is 54.6 Å². The van der Waals surface area contributed by atoms with Gasteiger partial charge in [0.1, 0.15) is 12.7 Å². The van der Waals surface area contributed by atoms with Crippen LogP contribution in [-0.4, -0.2) is 12.7 Å². The number of para-hydroxylation sites is 2. The van der Waals surface area contributed by atoms with Crippen LogP contribution in [0, 0.1) is 0 Å². The van der Waals surface area contributed by atoms with Crippen LogP contribution < -0.4 is 9.47 Å². The Hall–Kier alpha value is -1.18. The molecule has 2 nitrogen and oxygen atoms in total. The molecule has 0 saturated carbocycles. The predicted octanol–water partition coefficient (Wildman–Crippen LogP) is 4.92. The van der Waals surface area contributed by atoms with E-state index in [1.165, 1.54) is 0 Å². The van der Waals surface area contributed by atoms with Crippen LogP contribution in [-0.2, 0) is 0 Å². The molecule has 0 spiro atoms. The molecule has 0 bridgehead atoms. The molecule has 1 aliphatic rings. The van der Waals surface area contributed by atoms with Gasteiger partial charge < -0.3 is 9.47 Å². The minimum atomic E-state index is 0.171. The first-order valence-corrected chi connectivity index (χ1v) is 6.75. The van der Waals surface area contributed by atoms with Gasteiger partial charge in [-0.2, -0.15) is 0 Å². The van der Waals surface area contributed by atoms with E-state index in [4.69, 9.17) is 9.47 Å². The van der Waals surface area contributed by atoms with E-state index in [-0.39, 0.29) is 6.10 Å². The molecule has 2 rings (SSSR count). The van der Waals surface area contributed by atoms with Gasteiger partial charge in [-0.25, -0.2) is 0 Å². The maximum absolute atomic E-state index is 5.51. The van der Waals surface area contributed by atoms with Gasteiger partial charge in [-0.1, -0.05) is 53.7 Å². The zero-order valence-corrected chi connectivity index (χ0v) is 12.4. The second-order valence-electron chi connectivity index (χ2n) is 2.69. The minimum Gasteiger partial charge on any atom is -0.486 e. The van der Waals surface area contributed by atoms with E-state index in [2.05, 4.69) is 0 Å². The molecular formula is C15H28O2. The molecule has 17 heavy (non-hydrogen) atoms. The van der Waals surface area contributed by atoms with E-state index in [9.17, 15) is 0 Å². The number of hydrogen-bond acceptors (Lipinski definition) is 2. The van der Waals surface area contributed by atoms with Crippen LogP contribution in [0.5, 0.6) is 11.5 Å². The molecule has 0 radical (unpaired) electrons. The van der Waals surface area contributed by atoms with Crippen molar-refractivity contribution in [1.29, 1.82) is 0 Å². The average Bonchev–Trinajstić information content (AvgIpc) is 2.45. The van der Waals surface area contributed by atoms with Crippen LogP contribution in [0.2, 0.25) is 0 Å². The van der Waals surface area contributed by atoms with Gasteiger partial charge in [0.2, 0.25) is 0 Å². The van der Waals surface area contributed by atoms with Crippen LogP contribution in [0.15, 0.2) is 24.3 Å². The van der Waals surface area contributed by atoms with Crippen molar-refractivity contribution in [2.24, 2.45) is 0 Å². The van der Waals surface area contributed by atoms with E-state index < -0.39 is 0 Å². The summed E-state index contributed by atoms with van der Waals surface area (Å²) in [5, 5.41) is 0. The standard InChI is InChI=1S/C9H10O2.3C2H6/c1-7-6-10-8-4-2-3-5-9(8)11-7;3*1-2/h2-5,7H,6H2,1H3;3*1-2H3. The summed E-state index contributed by atoms with van der Waals surface area (Å²) < 4.78 is 10.9. The summed E-state index contributed by atoms with van der Waals surface area (Å²) in [6, 6.07) is 7.73. The summed E-state index contributed by atoms with van der Waals surface area (Å²) in [5.41, 5.74) is 0. The zero-order valence-electron chi connectivity index (χ0n) is 12.4. The Morgan fingerprint density at radius 3 is 1.88 bits per heavy atom. The highest BCUT2D eigenvalue weighted by molar-refractivity contribution is 5.40. The predicted molar refractivity (Wildman–Crippen MR) is 76.1 cm³/mol. The van der Waals surface area contributed by atoms with Crippen LogP contribution in [0.25, 0.3) is 0 Å². The van der Waals surface area contributed by atoms with E-state index in [1.54, 1.807) is 0 Å². The number of ether oxygens (including phenoxy) is 2.